The van der Waals surface area contributed by atoms with Crippen molar-refractivity contribution in [2.24, 2.45) is 0 Å². The highest BCUT2D eigenvalue weighted by Crippen LogP contribution is 2.21. The van der Waals surface area contributed by atoms with Crippen LogP contribution in [0.25, 0.3) is 11.5 Å². The van der Waals surface area contributed by atoms with E-state index in [1.807, 2.05) is 0 Å². The number of imidazole rings is 1. The molecule has 0 radical (unpaired) electrons. The minimum absolute atomic E-state index is 0.0162. The molecule has 14 heavy (non-hydrogen) atoms. The average Bonchev–Trinajstić information content (AvgIpc) is 2.70. The molecule has 0 saturated carbocycles. The molecule has 0 aliphatic heterocycles. The Kier molecular flexibility index (Phi) is 1.85. The van der Waals surface area contributed by atoms with Crippen LogP contribution in [0.4, 0.5) is 0 Å². The molecular weight excluding hydrogens is 184 g/mol. The number of hydrogen-bond donors (Lipinski definition) is 2. The highest BCUT2D eigenvalue weighted by Gasteiger charge is 2.18. The summed E-state index contributed by atoms with van der Waals surface area (Å²) in [5.41, 5.74) is 0.387. The van der Waals surface area contributed by atoms with Crippen molar-refractivity contribution in [3.63, 3.8) is 0 Å². The van der Waals surface area contributed by atoms with Crippen molar-refractivity contribution in [2.45, 2.75) is 6.92 Å². The lowest BCUT2D eigenvalue weighted by molar-refractivity contribution is 0.0691. The molecule has 2 rings (SSSR count). The number of carboxylic acid groups (broad SMARTS) is 1. The first-order valence-electron chi connectivity index (χ1n) is 4.02. The molecule has 0 bridgehead atoms. The van der Waals surface area contributed by atoms with Crippen LogP contribution < -0.4 is 0 Å². The molecule has 2 aromatic heterocycles. The van der Waals surface area contributed by atoms with Gasteiger partial charge in [-0.15, -0.1) is 0 Å². The van der Waals surface area contributed by atoms with Crippen molar-refractivity contribution in [3.8, 4) is 11.5 Å². The quantitative estimate of drug-likeness (QED) is 0.758. The van der Waals surface area contributed by atoms with Crippen molar-refractivity contribution in [1.82, 2.24) is 9.97 Å². The van der Waals surface area contributed by atoms with Crippen molar-refractivity contribution in [2.75, 3.05) is 0 Å². The Morgan fingerprint density at radius 1 is 1.64 bits per heavy atom. The van der Waals surface area contributed by atoms with Gasteiger partial charge in [0.05, 0.1) is 6.26 Å². The smallest absolute Gasteiger partial charge is 0.356 e. The summed E-state index contributed by atoms with van der Waals surface area (Å²) < 4.78 is 5.09. The van der Waals surface area contributed by atoms with Gasteiger partial charge < -0.3 is 14.5 Å². The van der Waals surface area contributed by atoms with Gasteiger partial charge in [-0.05, 0) is 19.1 Å². The standard InChI is InChI=1S/C9H8N2O3/c1-5-10-7(6-3-2-4-14-6)8(11-5)9(12)13/h2-4H,1H3,(H,10,11)(H,12,13). The Hall–Kier alpha value is -2.04. The van der Waals surface area contributed by atoms with E-state index in [2.05, 4.69) is 9.97 Å². The molecule has 0 aromatic carbocycles. The third kappa shape index (κ3) is 1.28. The fourth-order valence-electron chi connectivity index (χ4n) is 1.25. The van der Waals surface area contributed by atoms with Crippen LogP contribution in [0.15, 0.2) is 22.8 Å². The number of nitrogens with one attached hydrogen (secondary N) is 1. The highest BCUT2D eigenvalue weighted by molar-refractivity contribution is 5.92. The molecule has 2 N–H and O–H groups in total. The topological polar surface area (TPSA) is 79.1 Å². The number of aryl methyl sites for hydroxylation is 1. The Balaban J connectivity index is 2.58. The number of carbonyl (C=O) groups is 1. The maximum absolute atomic E-state index is 10.8. The summed E-state index contributed by atoms with van der Waals surface area (Å²) in [5.74, 6) is -0.0439. The summed E-state index contributed by atoms with van der Waals surface area (Å²) in [6.07, 6.45) is 1.48. The lowest BCUT2D eigenvalue weighted by Crippen LogP contribution is -1.98. The largest absolute Gasteiger partial charge is 0.476 e. The zero-order valence-corrected chi connectivity index (χ0v) is 7.44. The molecule has 0 amide bonds. The lowest BCUT2D eigenvalue weighted by Gasteiger charge is -1.92. The van der Waals surface area contributed by atoms with Gasteiger partial charge in [-0.3, -0.25) is 0 Å². The zero-order chi connectivity index (χ0) is 10.1. The second-order valence-electron chi connectivity index (χ2n) is 2.83. The minimum atomic E-state index is -1.07. The van der Waals surface area contributed by atoms with E-state index in [4.69, 9.17) is 9.52 Å². The van der Waals surface area contributed by atoms with E-state index in [9.17, 15) is 4.79 Å². The lowest BCUT2D eigenvalue weighted by atomic mass is 10.2. The van der Waals surface area contributed by atoms with E-state index >= 15 is 0 Å². The zero-order valence-electron chi connectivity index (χ0n) is 7.44. The molecule has 2 heterocycles. The van der Waals surface area contributed by atoms with Crippen LogP contribution in [0, 0.1) is 6.92 Å². The maximum Gasteiger partial charge on any atom is 0.356 e. The van der Waals surface area contributed by atoms with E-state index in [1.54, 1.807) is 19.1 Å². The number of aromatic amines is 1. The van der Waals surface area contributed by atoms with Crippen LogP contribution in [-0.4, -0.2) is 21.0 Å². The number of H-pyrrole nitrogens is 1. The van der Waals surface area contributed by atoms with Gasteiger partial charge in [0.1, 0.15) is 11.5 Å². The van der Waals surface area contributed by atoms with Gasteiger partial charge in [-0.25, -0.2) is 9.78 Å². The SMILES string of the molecule is Cc1nc(C(=O)O)c(-c2ccco2)[nH]1. The van der Waals surface area contributed by atoms with Gasteiger partial charge in [-0.2, -0.15) is 0 Å². The molecule has 0 aliphatic carbocycles. The first-order chi connectivity index (χ1) is 6.68. The Morgan fingerprint density at radius 2 is 2.43 bits per heavy atom. The van der Waals surface area contributed by atoms with E-state index in [-0.39, 0.29) is 5.69 Å². The summed E-state index contributed by atoms with van der Waals surface area (Å²) in [5, 5.41) is 8.85. The molecule has 5 heteroatoms. The number of furan rings is 1. The Morgan fingerprint density at radius 3 is 3.00 bits per heavy atom. The highest BCUT2D eigenvalue weighted by atomic mass is 16.4. The fraction of sp³-hybridized carbons (Fsp3) is 0.111. The van der Waals surface area contributed by atoms with Gasteiger partial charge in [0.25, 0.3) is 0 Å². The average molecular weight is 192 g/mol. The molecule has 2 aromatic rings. The monoisotopic (exact) mass is 192 g/mol. The van der Waals surface area contributed by atoms with Crippen LogP contribution in [0.3, 0.4) is 0 Å². The second-order valence-corrected chi connectivity index (χ2v) is 2.83. The third-order valence-electron chi connectivity index (χ3n) is 1.79. The van der Waals surface area contributed by atoms with Gasteiger partial charge in [0, 0.05) is 0 Å². The fourth-order valence-corrected chi connectivity index (χ4v) is 1.25. The number of carboxylic acids is 1. The molecule has 72 valence electrons. The van der Waals surface area contributed by atoms with Crippen LogP contribution in [0.1, 0.15) is 16.3 Å². The van der Waals surface area contributed by atoms with Crippen molar-refractivity contribution in [1.29, 1.82) is 0 Å². The molecule has 0 atom stereocenters. The molecule has 0 fully saturated rings. The summed E-state index contributed by atoms with van der Waals surface area (Å²) in [6, 6.07) is 3.37. The van der Waals surface area contributed by atoms with Crippen molar-refractivity contribution in [3.05, 3.63) is 29.9 Å². The normalized spacial score (nSPS) is 10.4. The van der Waals surface area contributed by atoms with E-state index < -0.39 is 5.97 Å². The van der Waals surface area contributed by atoms with Gasteiger partial charge >= 0.3 is 5.97 Å². The van der Waals surface area contributed by atoms with Crippen LogP contribution in [0.2, 0.25) is 0 Å². The summed E-state index contributed by atoms with van der Waals surface area (Å²) in [4.78, 5) is 17.5. The first kappa shape index (κ1) is 8.55. The molecule has 5 nitrogen and oxygen atoms in total. The Labute approximate surface area is 79.4 Å². The van der Waals surface area contributed by atoms with Gasteiger partial charge in [0.2, 0.25) is 0 Å². The molecular formula is C9H8N2O3. The summed E-state index contributed by atoms with van der Waals surface area (Å²) >= 11 is 0. The van der Waals surface area contributed by atoms with Crippen LogP contribution in [0.5, 0.6) is 0 Å². The first-order valence-corrected chi connectivity index (χ1v) is 4.02. The van der Waals surface area contributed by atoms with Crippen LogP contribution in [-0.2, 0) is 0 Å². The number of nitrogens with zero attached hydrogens (tertiary/aromatic N) is 1. The predicted octanol–water partition coefficient (Wildman–Crippen LogP) is 1.68. The summed E-state index contributed by atoms with van der Waals surface area (Å²) in [6.45, 7) is 1.69. The van der Waals surface area contributed by atoms with E-state index in [1.165, 1.54) is 6.26 Å². The molecule has 0 aliphatic rings. The van der Waals surface area contributed by atoms with Crippen LogP contribution >= 0.6 is 0 Å². The van der Waals surface area contributed by atoms with Gasteiger partial charge in [0.15, 0.2) is 11.5 Å². The van der Waals surface area contributed by atoms with E-state index in [0.29, 0.717) is 17.3 Å². The minimum Gasteiger partial charge on any atom is -0.476 e. The third-order valence-corrected chi connectivity index (χ3v) is 1.79. The summed E-state index contributed by atoms with van der Waals surface area (Å²) in [7, 11) is 0. The van der Waals surface area contributed by atoms with Crippen molar-refractivity contribution >= 4 is 5.97 Å². The number of rotatable bonds is 2. The molecule has 0 spiro atoms. The second kappa shape index (κ2) is 3.02. The number of aromatic carboxylic acids is 1. The van der Waals surface area contributed by atoms with Crippen molar-refractivity contribution < 1.29 is 14.3 Å². The maximum atomic E-state index is 10.8. The number of hydrogen-bond acceptors (Lipinski definition) is 3. The number of aromatic nitrogens is 2. The molecule has 0 saturated heterocycles. The Bertz CT molecular complexity index is 456. The molecule has 0 unspecified atom stereocenters. The van der Waals surface area contributed by atoms with Gasteiger partial charge in [-0.1, -0.05) is 0 Å². The van der Waals surface area contributed by atoms with E-state index in [0.717, 1.165) is 0 Å². The predicted molar refractivity (Wildman–Crippen MR) is 48.0 cm³/mol.